The Morgan fingerprint density at radius 3 is 2.39 bits per heavy atom. The molecule has 0 radical (unpaired) electrons. The van der Waals surface area contributed by atoms with Crippen molar-refractivity contribution >= 4 is 17.8 Å². The van der Waals surface area contributed by atoms with Gasteiger partial charge in [-0.05, 0) is 35.4 Å². The standard InChI is InChI=1S/C21H17N3O4/c25-21(23-22-14-16-10-12-18(13-11-16)24(26)27)19-8-4-5-9-20(19)28-15-17-6-2-1-3-7-17/h1-14H,15H2,(H,23,25)/b22-14-. The van der Waals surface area contributed by atoms with Crippen LogP contribution in [0, 0.1) is 10.1 Å². The van der Waals surface area contributed by atoms with Crippen LogP contribution in [0.1, 0.15) is 21.5 Å². The van der Waals surface area contributed by atoms with E-state index < -0.39 is 10.8 Å². The lowest BCUT2D eigenvalue weighted by atomic mass is 10.2. The third-order valence-corrected chi connectivity index (χ3v) is 3.85. The fourth-order valence-electron chi connectivity index (χ4n) is 2.42. The number of nitrogens with one attached hydrogen (secondary N) is 1. The predicted molar refractivity (Wildman–Crippen MR) is 105 cm³/mol. The number of non-ortho nitro benzene ring substituents is 1. The van der Waals surface area contributed by atoms with E-state index in [4.69, 9.17) is 4.74 Å². The van der Waals surface area contributed by atoms with Crippen LogP contribution >= 0.6 is 0 Å². The van der Waals surface area contributed by atoms with Crippen LogP contribution in [0.25, 0.3) is 0 Å². The van der Waals surface area contributed by atoms with Gasteiger partial charge in [0.25, 0.3) is 11.6 Å². The summed E-state index contributed by atoms with van der Waals surface area (Å²) in [7, 11) is 0. The van der Waals surface area contributed by atoms with Gasteiger partial charge < -0.3 is 4.74 Å². The molecule has 3 aromatic rings. The molecule has 0 fully saturated rings. The molecule has 0 saturated heterocycles. The summed E-state index contributed by atoms with van der Waals surface area (Å²) < 4.78 is 5.77. The quantitative estimate of drug-likeness (QED) is 0.384. The molecule has 140 valence electrons. The molecule has 3 rings (SSSR count). The molecule has 1 amide bonds. The lowest BCUT2D eigenvalue weighted by molar-refractivity contribution is -0.384. The minimum Gasteiger partial charge on any atom is -0.488 e. The van der Waals surface area contributed by atoms with Crippen molar-refractivity contribution < 1.29 is 14.5 Å². The van der Waals surface area contributed by atoms with Crippen molar-refractivity contribution in [1.82, 2.24) is 5.43 Å². The van der Waals surface area contributed by atoms with Crippen molar-refractivity contribution in [2.45, 2.75) is 6.61 Å². The lowest BCUT2D eigenvalue weighted by Crippen LogP contribution is -2.18. The Bertz CT molecular complexity index is 986. The predicted octanol–water partition coefficient (Wildman–Crippen LogP) is 3.94. The van der Waals surface area contributed by atoms with Crippen LogP contribution in [0.15, 0.2) is 84.0 Å². The van der Waals surface area contributed by atoms with Crippen molar-refractivity contribution in [1.29, 1.82) is 0 Å². The van der Waals surface area contributed by atoms with Gasteiger partial charge in [-0.2, -0.15) is 5.10 Å². The normalized spacial score (nSPS) is 10.6. The number of hydrogen-bond donors (Lipinski definition) is 1. The maximum absolute atomic E-state index is 12.4. The van der Waals surface area contributed by atoms with E-state index in [9.17, 15) is 14.9 Å². The minimum absolute atomic E-state index is 0.00863. The summed E-state index contributed by atoms with van der Waals surface area (Å²) in [6, 6.07) is 22.4. The fourth-order valence-corrected chi connectivity index (χ4v) is 2.42. The van der Waals surface area contributed by atoms with Gasteiger partial charge in [-0.1, -0.05) is 42.5 Å². The molecule has 7 heteroatoms. The zero-order chi connectivity index (χ0) is 19.8. The monoisotopic (exact) mass is 375 g/mol. The zero-order valence-corrected chi connectivity index (χ0v) is 14.8. The molecule has 28 heavy (non-hydrogen) atoms. The van der Waals surface area contributed by atoms with Gasteiger partial charge in [-0.3, -0.25) is 14.9 Å². The van der Waals surface area contributed by atoms with Gasteiger partial charge in [0.2, 0.25) is 0 Å². The first-order chi connectivity index (χ1) is 13.6. The first-order valence-corrected chi connectivity index (χ1v) is 8.47. The molecular weight excluding hydrogens is 358 g/mol. The van der Waals surface area contributed by atoms with Crippen molar-refractivity contribution in [3.63, 3.8) is 0 Å². The summed E-state index contributed by atoms with van der Waals surface area (Å²) >= 11 is 0. The second kappa shape index (κ2) is 9.09. The molecule has 0 saturated carbocycles. The molecule has 1 N–H and O–H groups in total. The summed E-state index contributed by atoms with van der Waals surface area (Å²) in [5.74, 6) is 0.0382. The molecule has 3 aromatic carbocycles. The van der Waals surface area contributed by atoms with Crippen LogP contribution in [0.5, 0.6) is 5.75 Å². The van der Waals surface area contributed by atoms with Crippen molar-refractivity contribution in [3.8, 4) is 5.75 Å². The van der Waals surface area contributed by atoms with Crippen LogP contribution in [-0.2, 0) is 6.61 Å². The average Bonchev–Trinajstić information content (AvgIpc) is 2.73. The lowest BCUT2D eigenvalue weighted by Gasteiger charge is -2.10. The molecule has 0 aliphatic carbocycles. The first kappa shape index (κ1) is 18.8. The Kier molecular flexibility index (Phi) is 6.10. The number of nitro groups is 1. The number of amides is 1. The van der Waals surface area contributed by atoms with Crippen molar-refractivity contribution in [3.05, 3.63) is 106 Å². The number of carbonyl (C=O) groups excluding carboxylic acids is 1. The second-order valence-electron chi connectivity index (χ2n) is 5.82. The van der Waals surface area contributed by atoms with E-state index in [0.29, 0.717) is 23.5 Å². The molecule has 7 nitrogen and oxygen atoms in total. The highest BCUT2D eigenvalue weighted by Gasteiger charge is 2.11. The molecule has 0 aromatic heterocycles. The van der Waals surface area contributed by atoms with Crippen LogP contribution in [0.2, 0.25) is 0 Å². The van der Waals surface area contributed by atoms with Gasteiger partial charge in [-0.15, -0.1) is 0 Å². The first-order valence-electron chi connectivity index (χ1n) is 8.47. The van der Waals surface area contributed by atoms with Gasteiger partial charge in [0, 0.05) is 12.1 Å². The average molecular weight is 375 g/mol. The highest BCUT2D eigenvalue weighted by molar-refractivity contribution is 5.97. The Morgan fingerprint density at radius 1 is 1.00 bits per heavy atom. The topological polar surface area (TPSA) is 93.8 Å². The van der Waals surface area contributed by atoms with E-state index in [1.54, 1.807) is 36.4 Å². The molecule has 0 atom stereocenters. The van der Waals surface area contributed by atoms with Crippen LogP contribution < -0.4 is 10.2 Å². The largest absolute Gasteiger partial charge is 0.488 e. The number of ether oxygens (including phenoxy) is 1. The summed E-state index contributed by atoms with van der Waals surface area (Å²) in [4.78, 5) is 22.6. The van der Waals surface area contributed by atoms with E-state index in [0.717, 1.165) is 5.56 Å². The number of rotatable bonds is 7. The van der Waals surface area contributed by atoms with Crippen molar-refractivity contribution in [2.75, 3.05) is 0 Å². The summed E-state index contributed by atoms with van der Waals surface area (Å²) in [6.07, 6.45) is 1.41. The van der Waals surface area contributed by atoms with Gasteiger partial charge in [0.15, 0.2) is 0 Å². The highest BCUT2D eigenvalue weighted by atomic mass is 16.6. The van der Waals surface area contributed by atoms with Crippen LogP contribution in [0.4, 0.5) is 5.69 Å². The molecule has 0 aliphatic rings. The maximum atomic E-state index is 12.4. The highest BCUT2D eigenvalue weighted by Crippen LogP contribution is 2.19. The number of carbonyl (C=O) groups is 1. The summed E-state index contributed by atoms with van der Waals surface area (Å²) in [6.45, 7) is 0.344. The third kappa shape index (κ3) is 5.01. The SMILES string of the molecule is O=C(N/N=C\c1ccc([N+](=O)[O-])cc1)c1ccccc1OCc1ccccc1. The number of hydrazone groups is 1. The Morgan fingerprint density at radius 2 is 1.68 bits per heavy atom. The maximum Gasteiger partial charge on any atom is 0.275 e. The Balaban J connectivity index is 1.63. The molecule has 0 bridgehead atoms. The number of benzene rings is 3. The number of nitrogens with zero attached hydrogens (tertiary/aromatic N) is 2. The van der Waals surface area contributed by atoms with E-state index in [-0.39, 0.29) is 5.69 Å². The summed E-state index contributed by atoms with van der Waals surface area (Å²) in [5, 5.41) is 14.6. The van der Waals surface area contributed by atoms with E-state index in [2.05, 4.69) is 10.5 Å². The number of hydrogen-bond acceptors (Lipinski definition) is 5. The van der Waals surface area contributed by atoms with Crippen molar-refractivity contribution in [2.24, 2.45) is 5.10 Å². The molecular formula is C21H17N3O4. The Labute approximate surface area is 161 Å². The van der Waals surface area contributed by atoms with Crippen LogP contribution in [0.3, 0.4) is 0 Å². The molecule has 0 aliphatic heterocycles. The van der Waals surface area contributed by atoms with E-state index in [1.807, 2.05) is 30.3 Å². The fraction of sp³-hybridized carbons (Fsp3) is 0.0476. The molecule has 0 heterocycles. The van der Waals surface area contributed by atoms with Gasteiger partial charge in [0.05, 0.1) is 16.7 Å². The van der Waals surface area contributed by atoms with Crippen LogP contribution in [-0.4, -0.2) is 17.0 Å². The Hall–Kier alpha value is -4.00. The zero-order valence-electron chi connectivity index (χ0n) is 14.8. The van der Waals surface area contributed by atoms with E-state index >= 15 is 0 Å². The third-order valence-electron chi connectivity index (χ3n) is 3.85. The van der Waals surface area contributed by atoms with Gasteiger partial charge >= 0.3 is 0 Å². The number of nitro benzene ring substituents is 1. The number of para-hydroxylation sites is 1. The minimum atomic E-state index is -0.477. The smallest absolute Gasteiger partial charge is 0.275 e. The van der Waals surface area contributed by atoms with Gasteiger partial charge in [0.1, 0.15) is 12.4 Å². The molecule has 0 spiro atoms. The van der Waals surface area contributed by atoms with E-state index in [1.165, 1.54) is 18.3 Å². The second-order valence-corrected chi connectivity index (χ2v) is 5.82. The summed E-state index contributed by atoms with van der Waals surface area (Å²) in [5.41, 5.74) is 4.41. The van der Waals surface area contributed by atoms with Gasteiger partial charge in [-0.25, -0.2) is 5.43 Å². The molecule has 0 unspecified atom stereocenters.